The molecule has 1 aromatic carbocycles. The van der Waals surface area contributed by atoms with Crippen LogP contribution in [0.5, 0.6) is 0 Å². The van der Waals surface area contributed by atoms with E-state index in [1.165, 1.54) is 24.5 Å². The van der Waals surface area contributed by atoms with Crippen LogP contribution in [-0.2, 0) is 6.42 Å². The molecule has 2 rings (SSSR count). The number of benzene rings is 1. The zero-order valence-electron chi connectivity index (χ0n) is 8.73. The number of Topliss-reactive ketones (excluding diaryl/α,β-unsaturated/α-hetero) is 1. The van der Waals surface area contributed by atoms with Crippen molar-refractivity contribution in [2.75, 3.05) is 0 Å². The van der Waals surface area contributed by atoms with E-state index in [0.717, 1.165) is 12.1 Å². The molecule has 3 nitrogen and oxygen atoms in total. The van der Waals surface area contributed by atoms with Crippen LogP contribution in [0.1, 0.15) is 15.9 Å². The predicted molar refractivity (Wildman–Crippen MR) is 56.4 cm³/mol. The van der Waals surface area contributed by atoms with Gasteiger partial charge in [-0.1, -0.05) is 6.07 Å². The average Bonchev–Trinajstić information content (AvgIpc) is 2.34. The third-order valence-electron chi connectivity index (χ3n) is 2.27. The summed E-state index contributed by atoms with van der Waals surface area (Å²) in [6.07, 6.45) is 2.57. The topological polar surface area (TPSA) is 42.9 Å². The summed E-state index contributed by atoms with van der Waals surface area (Å²) in [4.78, 5) is 11.7. The summed E-state index contributed by atoms with van der Waals surface area (Å²) in [7, 11) is 0. The van der Waals surface area contributed by atoms with E-state index in [9.17, 15) is 13.6 Å². The molecule has 0 amide bonds. The Kier molecular flexibility index (Phi) is 3.18. The van der Waals surface area contributed by atoms with Crippen molar-refractivity contribution in [3.05, 3.63) is 59.4 Å². The van der Waals surface area contributed by atoms with E-state index >= 15 is 0 Å². The Morgan fingerprint density at radius 2 is 2.00 bits per heavy atom. The van der Waals surface area contributed by atoms with Gasteiger partial charge in [0.15, 0.2) is 5.78 Å². The number of rotatable bonds is 3. The number of carbonyl (C=O) groups is 1. The highest BCUT2D eigenvalue weighted by Gasteiger charge is 2.11. The van der Waals surface area contributed by atoms with Gasteiger partial charge in [0, 0.05) is 18.1 Å². The van der Waals surface area contributed by atoms with Gasteiger partial charge in [0.25, 0.3) is 0 Å². The molecule has 2 aromatic rings. The number of hydrogen-bond acceptors (Lipinski definition) is 3. The van der Waals surface area contributed by atoms with Crippen LogP contribution >= 0.6 is 0 Å². The summed E-state index contributed by atoms with van der Waals surface area (Å²) in [5, 5.41) is 7.10. The number of hydrogen-bond donors (Lipinski definition) is 0. The summed E-state index contributed by atoms with van der Waals surface area (Å²) in [5.41, 5.74) is 0.511. The largest absolute Gasteiger partial charge is 0.294 e. The van der Waals surface area contributed by atoms with E-state index in [2.05, 4.69) is 10.2 Å². The third-order valence-corrected chi connectivity index (χ3v) is 2.27. The SMILES string of the molecule is O=C(Cc1ccc(F)cc1F)c1ccnnc1. The fraction of sp³-hybridized carbons (Fsp3) is 0.0833. The molecule has 0 N–H and O–H groups in total. The molecule has 0 saturated heterocycles. The molecule has 1 heterocycles. The molecule has 0 radical (unpaired) electrons. The second-order valence-corrected chi connectivity index (χ2v) is 3.47. The lowest BCUT2D eigenvalue weighted by atomic mass is 10.0. The van der Waals surface area contributed by atoms with Crippen LogP contribution < -0.4 is 0 Å². The van der Waals surface area contributed by atoms with Gasteiger partial charge < -0.3 is 0 Å². The quantitative estimate of drug-likeness (QED) is 0.764. The molecule has 0 atom stereocenters. The molecule has 0 bridgehead atoms. The highest BCUT2D eigenvalue weighted by Crippen LogP contribution is 2.12. The van der Waals surface area contributed by atoms with Crippen LogP contribution in [0.3, 0.4) is 0 Å². The van der Waals surface area contributed by atoms with Crippen molar-refractivity contribution in [1.29, 1.82) is 0 Å². The summed E-state index contributed by atoms with van der Waals surface area (Å²) in [5.74, 6) is -1.67. The first-order chi connectivity index (χ1) is 8.16. The normalized spacial score (nSPS) is 10.2. The first kappa shape index (κ1) is 11.3. The molecule has 1 aromatic heterocycles. The fourth-order valence-electron chi connectivity index (χ4n) is 1.40. The van der Waals surface area contributed by atoms with Crippen molar-refractivity contribution < 1.29 is 13.6 Å². The Bertz CT molecular complexity index is 543. The van der Waals surface area contributed by atoms with E-state index in [-0.39, 0.29) is 17.8 Å². The third kappa shape index (κ3) is 2.69. The Hall–Kier alpha value is -2.17. The second-order valence-electron chi connectivity index (χ2n) is 3.47. The van der Waals surface area contributed by atoms with Crippen LogP contribution in [0.2, 0.25) is 0 Å². The smallest absolute Gasteiger partial charge is 0.169 e. The van der Waals surface area contributed by atoms with Crippen molar-refractivity contribution in [2.45, 2.75) is 6.42 Å². The van der Waals surface area contributed by atoms with Gasteiger partial charge in [-0.25, -0.2) is 8.78 Å². The monoisotopic (exact) mass is 234 g/mol. The summed E-state index contributed by atoms with van der Waals surface area (Å²) in [6.45, 7) is 0. The Morgan fingerprint density at radius 3 is 2.65 bits per heavy atom. The molecule has 86 valence electrons. The molecule has 17 heavy (non-hydrogen) atoms. The molecule has 0 aliphatic heterocycles. The first-order valence-corrected chi connectivity index (χ1v) is 4.90. The minimum atomic E-state index is -0.722. The number of halogens is 2. The summed E-state index contributed by atoms with van der Waals surface area (Å²) in [6, 6.07) is 4.64. The van der Waals surface area contributed by atoms with Crippen LogP contribution in [0, 0.1) is 11.6 Å². The van der Waals surface area contributed by atoms with Crippen molar-refractivity contribution in [3.8, 4) is 0 Å². The minimum Gasteiger partial charge on any atom is -0.294 e. The highest BCUT2D eigenvalue weighted by atomic mass is 19.1. The molecular formula is C12H8F2N2O. The van der Waals surface area contributed by atoms with Gasteiger partial charge in [-0.2, -0.15) is 10.2 Å². The average molecular weight is 234 g/mol. The molecule has 0 unspecified atom stereocenters. The van der Waals surface area contributed by atoms with Gasteiger partial charge in [0.2, 0.25) is 0 Å². The van der Waals surface area contributed by atoms with E-state index in [4.69, 9.17) is 0 Å². The maximum atomic E-state index is 13.3. The van der Waals surface area contributed by atoms with Gasteiger partial charge in [-0.05, 0) is 17.7 Å². The van der Waals surface area contributed by atoms with Crippen LogP contribution in [0.4, 0.5) is 8.78 Å². The fourth-order valence-corrected chi connectivity index (χ4v) is 1.40. The van der Waals surface area contributed by atoms with Crippen molar-refractivity contribution in [1.82, 2.24) is 10.2 Å². The molecule has 0 aliphatic rings. The molecular weight excluding hydrogens is 226 g/mol. The number of aromatic nitrogens is 2. The number of nitrogens with zero attached hydrogens (tertiary/aromatic N) is 2. The summed E-state index contributed by atoms with van der Waals surface area (Å²) >= 11 is 0. The standard InChI is InChI=1S/C12H8F2N2O/c13-10-2-1-8(11(14)6-10)5-12(17)9-3-4-15-16-7-9/h1-4,6-7H,5H2. The Balaban J connectivity index is 2.19. The minimum absolute atomic E-state index is 0.127. The lowest BCUT2D eigenvalue weighted by molar-refractivity contribution is 0.0991. The molecule has 5 heteroatoms. The van der Waals surface area contributed by atoms with Crippen LogP contribution in [-0.4, -0.2) is 16.0 Å². The highest BCUT2D eigenvalue weighted by molar-refractivity contribution is 5.97. The number of ketones is 1. The van der Waals surface area contributed by atoms with Crippen molar-refractivity contribution >= 4 is 5.78 Å². The zero-order chi connectivity index (χ0) is 12.3. The van der Waals surface area contributed by atoms with Gasteiger partial charge in [-0.15, -0.1) is 0 Å². The van der Waals surface area contributed by atoms with Crippen LogP contribution in [0.25, 0.3) is 0 Å². The maximum Gasteiger partial charge on any atom is 0.169 e. The second kappa shape index (κ2) is 4.78. The number of carbonyl (C=O) groups excluding carboxylic acids is 1. The Morgan fingerprint density at radius 1 is 1.18 bits per heavy atom. The van der Waals surface area contributed by atoms with Gasteiger partial charge in [0.1, 0.15) is 11.6 Å². The van der Waals surface area contributed by atoms with E-state index in [1.807, 2.05) is 0 Å². The van der Waals surface area contributed by atoms with Crippen molar-refractivity contribution in [3.63, 3.8) is 0 Å². The molecule has 0 saturated carbocycles. The van der Waals surface area contributed by atoms with Crippen LogP contribution in [0.15, 0.2) is 36.7 Å². The van der Waals surface area contributed by atoms with E-state index in [0.29, 0.717) is 5.56 Å². The molecule has 0 aliphatic carbocycles. The van der Waals surface area contributed by atoms with Gasteiger partial charge in [-0.3, -0.25) is 4.79 Å². The molecule has 0 spiro atoms. The zero-order valence-corrected chi connectivity index (χ0v) is 8.73. The van der Waals surface area contributed by atoms with E-state index in [1.54, 1.807) is 0 Å². The van der Waals surface area contributed by atoms with E-state index < -0.39 is 11.6 Å². The lowest BCUT2D eigenvalue weighted by Crippen LogP contribution is -2.06. The maximum absolute atomic E-state index is 13.3. The Labute approximate surface area is 96.1 Å². The van der Waals surface area contributed by atoms with Gasteiger partial charge >= 0.3 is 0 Å². The lowest BCUT2D eigenvalue weighted by Gasteiger charge is -2.02. The predicted octanol–water partition coefficient (Wildman–Crippen LogP) is 2.18. The summed E-state index contributed by atoms with van der Waals surface area (Å²) < 4.78 is 26.0. The van der Waals surface area contributed by atoms with Crippen molar-refractivity contribution in [2.24, 2.45) is 0 Å². The first-order valence-electron chi connectivity index (χ1n) is 4.90. The molecule has 0 fully saturated rings. The van der Waals surface area contributed by atoms with Gasteiger partial charge in [0.05, 0.1) is 12.4 Å².